The lowest BCUT2D eigenvalue weighted by atomic mass is 10.0. The van der Waals surface area contributed by atoms with E-state index in [-0.39, 0.29) is 12.2 Å². The molecule has 0 radical (unpaired) electrons. The molecule has 0 aliphatic rings. The average molecular weight is 318 g/mol. The molecule has 0 saturated carbocycles. The van der Waals surface area contributed by atoms with Gasteiger partial charge in [0.05, 0.1) is 32.0 Å². The van der Waals surface area contributed by atoms with Crippen LogP contribution in [0.1, 0.15) is 38.8 Å². The Morgan fingerprint density at radius 1 is 1.13 bits per heavy atom. The van der Waals surface area contributed by atoms with Gasteiger partial charge in [-0.15, -0.1) is 0 Å². The van der Waals surface area contributed by atoms with Crippen molar-refractivity contribution in [1.29, 1.82) is 0 Å². The Hall–Kier alpha value is -1.42. The maximum atomic E-state index is 5.83. The quantitative estimate of drug-likeness (QED) is 0.632. The van der Waals surface area contributed by atoms with E-state index in [0.29, 0.717) is 19.8 Å². The van der Waals surface area contributed by atoms with E-state index in [1.54, 1.807) is 7.11 Å². The number of allylic oxidation sites excluding steroid dienone is 2. The summed E-state index contributed by atoms with van der Waals surface area (Å²) in [4.78, 5) is 0. The topological polar surface area (TPSA) is 27.7 Å². The van der Waals surface area contributed by atoms with Gasteiger partial charge in [-0.25, -0.2) is 0 Å². The van der Waals surface area contributed by atoms with Gasteiger partial charge in [0.15, 0.2) is 0 Å². The van der Waals surface area contributed by atoms with Gasteiger partial charge in [-0.3, -0.25) is 0 Å². The number of rotatable bonds is 10. The summed E-state index contributed by atoms with van der Waals surface area (Å²) < 4.78 is 16.5. The summed E-state index contributed by atoms with van der Waals surface area (Å²) in [6.07, 6.45) is 2.21. The van der Waals surface area contributed by atoms with E-state index >= 15 is 0 Å². The maximum Gasteiger partial charge on any atom is 0.0785 e. The highest BCUT2D eigenvalue weighted by molar-refractivity contribution is 5.70. The predicted molar refractivity (Wildman–Crippen MR) is 97.5 cm³/mol. The third kappa shape index (κ3) is 7.12. The summed E-state index contributed by atoms with van der Waals surface area (Å²) in [5, 5.41) is 0. The Balaban J connectivity index is 2.47. The minimum absolute atomic E-state index is 0.0199. The Kier molecular flexibility index (Phi) is 8.85. The minimum atomic E-state index is 0.0199. The van der Waals surface area contributed by atoms with Crippen molar-refractivity contribution in [3.8, 4) is 0 Å². The van der Waals surface area contributed by atoms with Gasteiger partial charge in [0.25, 0.3) is 0 Å². The molecule has 0 N–H and O–H groups in total. The Morgan fingerprint density at radius 2 is 1.78 bits per heavy atom. The number of ether oxygens (including phenoxy) is 3. The second-order valence-corrected chi connectivity index (χ2v) is 5.88. The fourth-order valence-corrected chi connectivity index (χ4v) is 2.11. The van der Waals surface area contributed by atoms with Crippen LogP contribution in [0.15, 0.2) is 36.9 Å². The molecule has 0 aliphatic carbocycles. The van der Waals surface area contributed by atoms with Crippen molar-refractivity contribution in [2.75, 3.05) is 26.9 Å². The van der Waals surface area contributed by atoms with Crippen LogP contribution in [0.25, 0.3) is 11.1 Å². The largest absolute Gasteiger partial charge is 0.382 e. The van der Waals surface area contributed by atoms with Crippen molar-refractivity contribution in [3.05, 3.63) is 48.0 Å². The molecule has 1 rings (SSSR count). The molecule has 3 nitrogen and oxygen atoms in total. The van der Waals surface area contributed by atoms with E-state index in [4.69, 9.17) is 14.2 Å². The van der Waals surface area contributed by atoms with Crippen molar-refractivity contribution < 1.29 is 14.2 Å². The van der Waals surface area contributed by atoms with Gasteiger partial charge in [0, 0.05) is 7.11 Å². The summed E-state index contributed by atoms with van der Waals surface area (Å²) in [6, 6.07) is 8.39. The van der Waals surface area contributed by atoms with Crippen molar-refractivity contribution >= 4 is 11.1 Å². The standard InChI is InChI=1S/C20H30O3/c1-7-15(2)19-9-8-10-20(11-19)16(3)12-22-18(5)14-23-17(4)13-21-6/h7-11,17-18H,3,12-14H2,1-2,4-6H3/b15-7+. The van der Waals surface area contributed by atoms with Crippen LogP contribution in [0.3, 0.4) is 0 Å². The number of hydrogen-bond donors (Lipinski definition) is 0. The molecule has 0 saturated heterocycles. The molecule has 3 heteroatoms. The van der Waals surface area contributed by atoms with Gasteiger partial charge in [0.2, 0.25) is 0 Å². The highest BCUT2D eigenvalue weighted by Gasteiger charge is 2.08. The molecular formula is C20H30O3. The van der Waals surface area contributed by atoms with E-state index in [9.17, 15) is 0 Å². The first kappa shape index (κ1) is 19.6. The molecule has 0 aromatic heterocycles. The fourth-order valence-electron chi connectivity index (χ4n) is 2.11. The Morgan fingerprint density at radius 3 is 2.43 bits per heavy atom. The van der Waals surface area contributed by atoms with Crippen LogP contribution in [0.5, 0.6) is 0 Å². The second kappa shape index (κ2) is 10.4. The first-order chi connectivity index (χ1) is 11.0. The van der Waals surface area contributed by atoms with Crippen molar-refractivity contribution in [3.63, 3.8) is 0 Å². The smallest absolute Gasteiger partial charge is 0.0785 e. The van der Waals surface area contributed by atoms with Gasteiger partial charge in [0.1, 0.15) is 0 Å². The Bertz CT molecular complexity index is 519. The van der Waals surface area contributed by atoms with Crippen LogP contribution in [-0.2, 0) is 14.2 Å². The molecule has 0 heterocycles. The molecule has 23 heavy (non-hydrogen) atoms. The molecule has 0 bridgehead atoms. The molecule has 1 aromatic carbocycles. The molecule has 0 amide bonds. The maximum absolute atomic E-state index is 5.83. The average Bonchev–Trinajstić information content (AvgIpc) is 2.57. The van der Waals surface area contributed by atoms with Gasteiger partial charge >= 0.3 is 0 Å². The van der Waals surface area contributed by atoms with Gasteiger partial charge in [-0.2, -0.15) is 0 Å². The predicted octanol–water partition coefficient (Wildman–Crippen LogP) is 4.58. The zero-order valence-electron chi connectivity index (χ0n) is 15.1. The van der Waals surface area contributed by atoms with Crippen LogP contribution in [0.2, 0.25) is 0 Å². The van der Waals surface area contributed by atoms with Gasteiger partial charge in [-0.1, -0.05) is 30.9 Å². The molecule has 128 valence electrons. The molecule has 1 aromatic rings. The lowest BCUT2D eigenvalue weighted by Crippen LogP contribution is -2.23. The van der Waals surface area contributed by atoms with E-state index in [1.807, 2.05) is 20.8 Å². The minimum Gasteiger partial charge on any atom is -0.382 e. The third-order valence-corrected chi connectivity index (χ3v) is 3.72. The lowest BCUT2D eigenvalue weighted by molar-refractivity contribution is -0.0443. The van der Waals surface area contributed by atoms with Crippen LogP contribution < -0.4 is 0 Å². The van der Waals surface area contributed by atoms with Crippen molar-refractivity contribution in [2.45, 2.75) is 39.9 Å². The molecular weight excluding hydrogens is 288 g/mol. The van der Waals surface area contributed by atoms with E-state index < -0.39 is 0 Å². The summed E-state index contributed by atoms with van der Waals surface area (Å²) in [6.45, 7) is 13.9. The fraction of sp³-hybridized carbons (Fsp3) is 0.500. The number of benzene rings is 1. The molecule has 0 fully saturated rings. The van der Waals surface area contributed by atoms with Crippen LogP contribution in [-0.4, -0.2) is 39.1 Å². The van der Waals surface area contributed by atoms with Gasteiger partial charge in [-0.05, 0) is 56.0 Å². The normalized spacial score (nSPS) is 14.6. The molecule has 2 unspecified atom stereocenters. The van der Waals surface area contributed by atoms with E-state index in [2.05, 4.69) is 43.8 Å². The van der Waals surface area contributed by atoms with E-state index in [0.717, 1.165) is 11.1 Å². The Labute approximate surface area is 141 Å². The monoisotopic (exact) mass is 318 g/mol. The van der Waals surface area contributed by atoms with Crippen LogP contribution in [0, 0.1) is 0 Å². The second-order valence-electron chi connectivity index (χ2n) is 5.88. The van der Waals surface area contributed by atoms with Crippen molar-refractivity contribution in [1.82, 2.24) is 0 Å². The molecule has 0 spiro atoms. The summed E-state index contributed by atoms with van der Waals surface area (Å²) in [5.74, 6) is 0. The zero-order valence-corrected chi connectivity index (χ0v) is 15.1. The first-order valence-electron chi connectivity index (χ1n) is 8.11. The highest BCUT2D eigenvalue weighted by atomic mass is 16.6. The first-order valence-corrected chi connectivity index (χ1v) is 8.11. The summed E-state index contributed by atoms with van der Waals surface area (Å²) in [5.41, 5.74) is 4.57. The lowest BCUT2D eigenvalue weighted by Gasteiger charge is -2.18. The number of hydrogen-bond acceptors (Lipinski definition) is 3. The molecule has 0 aliphatic heterocycles. The highest BCUT2D eigenvalue weighted by Crippen LogP contribution is 2.20. The van der Waals surface area contributed by atoms with Crippen molar-refractivity contribution in [2.24, 2.45) is 0 Å². The van der Waals surface area contributed by atoms with Crippen LogP contribution >= 0.6 is 0 Å². The molecule has 2 atom stereocenters. The van der Waals surface area contributed by atoms with E-state index in [1.165, 1.54) is 11.1 Å². The number of methoxy groups -OCH3 is 1. The summed E-state index contributed by atoms with van der Waals surface area (Å²) in [7, 11) is 1.67. The third-order valence-electron chi connectivity index (χ3n) is 3.72. The SMILES string of the molecule is C=C(COC(C)COC(C)COC)c1cccc(/C(C)=C/C)c1. The zero-order chi connectivity index (χ0) is 17.2. The summed E-state index contributed by atoms with van der Waals surface area (Å²) >= 11 is 0. The van der Waals surface area contributed by atoms with Crippen LogP contribution in [0.4, 0.5) is 0 Å². The van der Waals surface area contributed by atoms with Gasteiger partial charge < -0.3 is 14.2 Å².